The van der Waals surface area contributed by atoms with Crippen molar-refractivity contribution >= 4 is 28.6 Å². The van der Waals surface area contributed by atoms with Crippen LogP contribution in [0.4, 0.5) is 0 Å². The molecule has 29 heavy (non-hydrogen) atoms. The third kappa shape index (κ3) is 4.78. The second kappa shape index (κ2) is 9.11. The first kappa shape index (κ1) is 19.5. The van der Waals surface area contributed by atoms with Gasteiger partial charge in [0.05, 0.1) is 0 Å². The van der Waals surface area contributed by atoms with E-state index in [1.54, 1.807) is 23.7 Å². The summed E-state index contributed by atoms with van der Waals surface area (Å²) in [6.07, 6.45) is 4.55. The summed E-state index contributed by atoms with van der Waals surface area (Å²) < 4.78 is 0. The minimum Gasteiger partial charge on any atom is -0.329 e. The molecule has 6 heteroatoms. The average molecular weight is 420 g/mol. The number of nitrogens with zero attached hydrogens (tertiary/aromatic N) is 3. The zero-order valence-corrected chi connectivity index (χ0v) is 17.7. The van der Waals surface area contributed by atoms with Crippen molar-refractivity contribution < 1.29 is 4.79 Å². The lowest BCUT2D eigenvalue weighted by molar-refractivity contribution is 0.0725. The standard InChI is InChI=1S/C23H21N3OS2/c1-2-17-5-7-18(8-6-17)13-26(14-19-4-3-10-24-12-19)23(27)21-16-29-22(25-21)20-9-11-28-15-20/h3-12,15-16H,2,13-14H2,1H3. The molecule has 0 bridgehead atoms. The zero-order chi connectivity index (χ0) is 20.1. The lowest BCUT2D eigenvalue weighted by Crippen LogP contribution is -2.30. The van der Waals surface area contributed by atoms with Crippen molar-refractivity contribution in [2.75, 3.05) is 0 Å². The average Bonchev–Trinajstić information content (AvgIpc) is 3.46. The minimum absolute atomic E-state index is 0.0637. The number of aromatic nitrogens is 2. The quantitative estimate of drug-likeness (QED) is 0.388. The molecule has 0 aliphatic carbocycles. The van der Waals surface area contributed by atoms with Gasteiger partial charge in [-0.05, 0) is 40.6 Å². The molecule has 146 valence electrons. The molecule has 4 aromatic rings. The monoisotopic (exact) mass is 419 g/mol. The highest BCUT2D eigenvalue weighted by molar-refractivity contribution is 7.14. The SMILES string of the molecule is CCc1ccc(CN(Cc2cccnc2)C(=O)c2csc(-c3ccsc3)n2)cc1. The molecule has 3 heterocycles. The third-order valence-corrected chi connectivity index (χ3v) is 6.25. The van der Waals surface area contributed by atoms with Gasteiger partial charge in [-0.1, -0.05) is 37.3 Å². The number of hydrogen-bond acceptors (Lipinski definition) is 5. The maximum Gasteiger partial charge on any atom is 0.273 e. The maximum atomic E-state index is 13.3. The molecule has 3 aromatic heterocycles. The van der Waals surface area contributed by atoms with Gasteiger partial charge in [0.1, 0.15) is 10.7 Å². The molecule has 4 rings (SSSR count). The van der Waals surface area contributed by atoms with E-state index < -0.39 is 0 Å². The van der Waals surface area contributed by atoms with Crippen LogP contribution in [0.3, 0.4) is 0 Å². The van der Waals surface area contributed by atoms with Crippen molar-refractivity contribution in [1.82, 2.24) is 14.9 Å². The van der Waals surface area contributed by atoms with Gasteiger partial charge in [-0.3, -0.25) is 9.78 Å². The van der Waals surface area contributed by atoms with E-state index in [2.05, 4.69) is 46.5 Å². The predicted octanol–water partition coefficient (Wildman–Crippen LogP) is 5.67. The number of carbonyl (C=O) groups excluding carboxylic acids is 1. The zero-order valence-electron chi connectivity index (χ0n) is 16.1. The van der Waals surface area contributed by atoms with Gasteiger partial charge in [0.15, 0.2) is 0 Å². The number of thiazole rings is 1. The Morgan fingerprint density at radius 2 is 1.79 bits per heavy atom. The summed E-state index contributed by atoms with van der Waals surface area (Å²) in [5.74, 6) is -0.0637. The van der Waals surface area contributed by atoms with Gasteiger partial charge in [0.25, 0.3) is 5.91 Å². The number of hydrogen-bond donors (Lipinski definition) is 0. The van der Waals surface area contributed by atoms with Gasteiger partial charge in [-0.25, -0.2) is 4.98 Å². The van der Waals surface area contributed by atoms with Gasteiger partial charge < -0.3 is 4.90 Å². The largest absolute Gasteiger partial charge is 0.329 e. The molecule has 0 aliphatic heterocycles. The third-order valence-electron chi connectivity index (χ3n) is 4.68. The van der Waals surface area contributed by atoms with E-state index in [1.807, 2.05) is 33.9 Å². The van der Waals surface area contributed by atoms with Crippen LogP contribution in [0, 0.1) is 0 Å². The van der Waals surface area contributed by atoms with Gasteiger partial charge in [0, 0.05) is 41.8 Å². The van der Waals surface area contributed by atoms with Crippen LogP contribution in [-0.2, 0) is 19.5 Å². The summed E-state index contributed by atoms with van der Waals surface area (Å²) >= 11 is 3.14. The molecule has 0 atom stereocenters. The highest BCUT2D eigenvalue weighted by atomic mass is 32.1. The molecule has 0 spiro atoms. The summed E-state index contributed by atoms with van der Waals surface area (Å²) in [4.78, 5) is 23.9. The first-order chi connectivity index (χ1) is 14.2. The number of carbonyl (C=O) groups is 1. The molecule has 0 fully saturated rings. The summed E-state index contributed by atoms with van der Waals surface area (Å²) in [6, 6.07) is 14.4. The van der Waals surface area contributed by atoms with Crippen LogP contribution in [0.5, 0.6) is 0 Å². The van der Waals surface area contributed by atoms with Crippen molar-refractivity contribution in [2.24, 2.45) is 0 Å². The summed E-state index contributed by atoms with van der Waals surface area (Å²) in [5, 5.41) is 6.80. The molecule has 0 N–H and O–H groups in total. The molecule has 0 saturated heterocycles. The van der Waals surface area contributed by atoms with E-state index in [0.29, 0.717) is 18.8 Å². The normalized spacial score (nSPS) is 10.8. The Morgan fingerprint density at radius 3 is 2.48 bits per heavy atom. The smallest absolute Gasteiger partial charge is 0.273 e. The first-order valence-electron chi connectivity index (χ1n) is 9.47. The number of aryl methyl sites for hydroxylation is 1. The second-order valence-corrected chi connectivity index (χ2v) is 8.38. The Kier molecular flexibility index (Phi) is 6.12. The number of rotatable bonds is 7. The Bertz CT molecular complexity index is 1060. The van der Waals surface area contributed by atoms with Crippen LogP contribution < -0.4 is 0 Å². The molecule has 0 aliphatic rings. The fourth-order valence-electron chi connectivity index (χ4n) is 3.07. The Morgan fingerprint density at radius 1 is 1.00 bits per heavy atom. The summed E-state index contributed by atoms with van der Waals surface area (Å²) in [5.41, 5.74) is 4.95. The van der Waals surface area contributed by atoms with Crippen molar-refractivity contribution in [1.29, 1.82) is 0 Å². The molecule has 1 aromatic carbocycles. The van der Waals surface area contributed by atoms with Gasteiger partial charge >= 0.3 is 0 Å². The molecule has 1 amide bonds. The van der Waals surface area contributed by atoms with Crippen LogP contribution in [0.2, 0.25) is 0 Å². The van der Waals surface area contributed by atoms with E-state index in [4.69, 9.17) is 0 Å². The Balaban J connectivity index is 1.59. The first-order valence-corrected chi connectivity index (χ1v) is 11.3. The highest BCUT2D eigenvalue weighted by Crippen LogP contribution is 2.26. The number of thiophene rings is 1. The van der Waals surface area contributed by atoms with Gasteiger partial charge in [-0.15, -0.1) is 11.3 Å². The fraction of sp³-hybridized carbons (Fsp3) is 0.174. The van der Waals surface area contributed by atoms with E-state index in [1.165, 1.54) is 16.9 Å². The van der Waals surface area contributed by atoms with Crippen LogP contribution in [-0.4, -0.2) is 20.8 Å². The number of amides is 1. The number of pyridine rings is 1. The Labute approximate surface area is 178 Å². The van der Waals surface area contributed by atoms with Crippen molar-refractivity contribution in [3.05, 3.63) is 93.4 Å². The molecular weight excluding hydrogens is 398 g/mol. The van der Waals surface area contributed by atoms with Crippen LogP contribution in [0.1, 0.15) is 34.1 Å². The highest BCUT2D eigenvalue weighted by Gasteiger charge is 2.20. The summed E-state index contributed by atoms with van der Waals surface area (Å²) in [6.45, 7) is 3.16. The van der Waals surface area contributed by atoms with E-state index in [0.717, 1.165) is 28.1 Å². The van der Waals surface area contributed by atoms with Crippen molar-refractivity contribution in [3.8, 4) is 10.6 Å². The molecule has 0 radical (unpaired) electrons. The predicted molar refractivity (Wildman–Crippen MR) is 119 cm³/mol. The fourth-order valence-corrected chi connectivity index (χ4v) is 4.57. The molecule has 4 nitrogen and oxygen atoms in total. The van der Waals surface area contributed by atoms with Crippen molar-refractivity contribution in [2.45, 2.75) is 26.4 Å². The Hall–Kier alpha value is -2.83. The van der Waals surface area contributed by atoms with Crippen LogP contribution >= 0.6 is 22.7 Å². The van der Waals surface area contributed by atoms with Gasteiger partial charge in [0.2, 0.25) is 0 Å². The summed E-state index contributed by atoms with van der Waals surface area (Å²) in [7, 11) is 0. The molecular formula is C23H21N3OS2. The topological polar surface area (TPSA) is 46.1 Å². The number of benzene rings is 1. The van der Waals surface area contributed by atoms with Crippen LogP contribution in [0.15, 0.2) is 71.0 Å². The van der Waals surface area contributed by atoms with Crippen LogP contribution in [0.25, 0.3) is 10.6 Å². The lowest BCUT2D eigenvalue weighted by atomic mass is 10.1. The van der Waals surface area contributed by atoms with E-state index in [-0.39, 0.29) is 5.91 Å². The maximum absolute atomic E-state index is 13.3. The van der Waals surface area contributed by atoms with Crippen molar-refractivity contribution in [3.63, 3.8) is 0 Å². The molecule has 0 unspecified atom stereocenters. The lowest BCUT2D eigenvalue weighted by Gasteiger charge is -2.22. The molecule has 0 saturated carbocycles. The van der Waals surface area contributed by atoms with Gasteiger partial charge in [-0.2, -0.15) is 11.3 Å². The second-order valence-electron chi connectivity index (χ2n) is 6.74. The van der Waals surface area contributed by atoms with E-state index in [9.17, 15) is 4.79 Å². The van der Waals surface area contributed by atoms with E-state index >= 15 is 0 Å². The minimum atomic E-state index is -0.0637.